The summed E-state index contributed by atoms with van der Waals surface area (Å²) in [6.07, 6.45) is 0. The summed E-state index contributed by atoms with van der Waals surface area (Å²) < 4.78 is 8.40. The Bertz CT molecular complexity index is 1160. The molecule has 8 nitrogen and oxygen atoms in total. The summed E-state index contributed by atoms with van der Waals surface area (Å²) >= 11 is 4.80. The largest absolute Gasteiger partial charge is 0.486 e. The van der Waals surface area contributed by atoms with Crippen LogP contribution in [0.4, 0.5) is 5.13 Å². The van der Waals surface area contributed by atoms with Crippen LogP contribution in [0.5, 0.6) is 5.75 Å². The van der Waals surface area contributed by atoms with E-state index in [2.05, 4.69) is 41.8 Å². The second-order valence-electron chi connectivity index (χ2n) is 6.23. The van der Waals surface area contributed by atoms with Gasteiger partial charge in [0.2, 0.25) is 0 Å². The number of halogens is 1. The van der Waals surface area contributed by atoms with Crippen molar-refractivity contribution >= 4 is 38.3 Å². The number of aryl methyl sites for hydroxylation is 1. The van der Waals surface area contributed by atoms with E-state index < -0.39 is 0 Å². The minimum Gasteiger partial charge on any atom is -0.486 e. The van der Waals surface area contributed by atoms with Crippen molar-refractivity contribution in [3.05, 3.63) is 69.8 Å². The van der Waals surface area contributed by atoms with Crippen LogP contribution in [-0.4, -0.2) is 31.1 Å². The van der Waals surface area contributed by atoms with Crippen LogP contribution < -0.4 is 10.1 Å². The Balaban J connectivity index is 1.41. The van der Waals surface area contributed by atoms with Gasteiger partial charge in [0.1, 0.15) is 12.4 Å². The van der Waals surface area contributed by atoms with Gasteiger partial charge in [-0.15, -0.1) is 16.4 Å². The Morgan fingerprint density at radius 2 is 2.07 bits per heavy atom. The van der Waals surface area contributed by atoms with Gasteiger partial charge in [-0.1, -0.05) is 34.1 Å². The predicted molar refractivity (Wildman–Crippen MR) is 117 cm³/mol. The number of aromatic nitrogens is 5. The second-order valence-corrected chi connectivity index (χ2v) is 8.00. The minimum absolute atomic E-state index is 0.217. The molecule has 0 spiro atoms. The number of rotatable bonds is 7. The van der Waals surface area contributed by atoms with Crippen molar-refractivity contribution in [3.8, 4) is 17.0 Å². The average molecular weight is 485 g/mol. The van der Waals surface area contributed by atoms with Crippen molar-refractivity contribution < 1.29 is 9.53 Å². The molecular formula is C20H17BrN6O2S. The Kier molecular flexibility index (Phi) is 6.15. The molecule has 1 N–H and O–H groups in total. The zero-order valence-electron chi connectivity index (χ0n) is 15.9. The highest BCUT2D eigenvalue weighted by atomic mass is 79.9. The van der Waals surface area contributed by atoms with Crippen LogP contribution in [0, 0.1) is 0 Å². The first-order valence-corrected chi connectivity index (χ1v) is 10.8. The lowest BCUT2D eigenvalue weighted by Gasteiger charge is -2.07. The van der Waals surface area contributed by atoms with E-state index in [1.54, 1.807) is 28.9 Å². The Labute approximate surface area is 185 Å². The van der Waals surface area contributed by atoms with Gasteiger partial charge in [0.15, 0.2) is 11.0 Å². The molecule has 0 fully saturated rings. The van der Waals surface area contributed by atoms with Crippen LogP contribution >= 0.6 is 27.3 Å². The van der Waals surface area contributed by atoms with Crippen LogP contribution in [-0.2, 0) is 13.2 Å². The minimum atomic E-state index is -0.254. The van der Waals surface area contributed by atoms with E-state index in [4.69, 9.17) is 4.74 Å². The molecule has 10 heteroatoms. The van der Waals surface area contributed by atoms with E-state index in [1.807, 2.05) is 36.6 Å². The van der Waals surface area contributed by atoms with Crippen LogP contribution in [0.3, 0.4) is 0 Å². The molecule has 2 aromatic carbocycles. The number of hydrogen-bond acceptors (Lipinski definition) is 7. The lowest BCUT2D eigenvalue weighted by Crippen LogP contribution is -2.12. The lowest BCUT2D eigenvalue weighted by atomic mass is 10.2. The highest BCUT2D eigenvalue weighted by Gasteiger charge is 2.12. The standard InChI is InChI=1S/C20H17BrN6O2S/c1-2-27-18(24-25-26-27)11-29-16-5-3-4-14(10-16)19(28)23-20-22-17(12-30-20)13-6-8-15(21)9-7-13/h3-10,12H,2,11H2,1H3,(H,22,23,28). The van der Waals surface area contributed by atoms with Gasteiger partial charge in [-0.05, 0) is 47.7 Å². The van der Waals surface area contributed by atoms with Crippen molar-refractivity contribution in [2.45, 2.75) is 20.1 Å². The summed E-state index contributed by atoms with van der Waals surface area (Å²) in [5.74, 6) is 0.925. The molecule has 2 aromatic heterocycles. The fourth-order valence-corrected chi connectivity index (χ4v) is 3.68. The summed E-state index contributed by atoms with van der Waals surface area (Å²) in [5, 5.41) is 16.7. The number of carbonyl (C=O) groups is 1. The maximum Gasteiger partial charge on any atom is 0.257 e. The lowest BCUT2D eigenvalue weighted by molar-refractivity contribution is 0.102. The van der Waals surface area contributed by atoms with Gasteiger partial charge in [0.05, 0.1) is 5.69 Å². The summed E-state index contributed by atoms with van der Waals surface area (Å²) in [4.78, 5) is 17.1. The third-order valence-electron chi connectivity index (χ3n) is 4.23. The third-order valence-corrected chi connectivity index (χ3v) is 5.52. The topological polar surface area (TPSA) is 94.8 Å². The zero-order valence-corrected chi connectivity index (χ0v) is 18.4. The number of tetrazole rings is 1. The van der Waals surface area contributed by atoms with Crippen molar-refractivity contribution in [3.63, 3.8) is 0 Å². The summed E-state index contributed by atoms with van der Waals surface area (Å²) in [7, 11) is 0. The molecule has 0 aliphatic carbocycles. The molecule has 4 aromatic rings. The Morgan fingerprint density at radius 1 is 1.23 bits per heavy atom. The molecule has 0 aliphatic rings. The highest BCUT2D eigenvalue weighted by molar-refractivity contribution is 9.10. The number of carbonyl (C=O) groups excluding carboxylic acids is 1. The number of ether oxygens (including phenoxy) is 1. The number of benzene rings is 2. The van der Waals surface area contributed by atoms with Gasteiger partial charge in [0, 0.05) is 27.5 Å². The molecule has 4 rings (SSSR count). The Hall–Kier alpha value is -3.11. The fraction of sp³-hybridized carbons (Fsp3) is 0.150. The van der Waals surface area contributed by atoms with E-state index in [9.17, 15) is 4.79 Å². The molecule has 0 bridgehead atoms. The van der Waals surface area contributed by atoms with Gasteiger partial charge >= 0.3 is 0 Å². The predicted octanol–water partition coefficient (Wildman–Crippen LogP) is 4.41. The average Bonchev–Trinajstić information content (AvgIpc) is 3.42. The van der Waals surface area contributed by atoms with Crippen LogP contribution in [0.25, 0.3) is 11.3 Å². The van der Waals surface area contributed by atoms with Crippen LogP contribution in [0.2, 0.25) is 0 Å². The molecule has 0 saturated carbocycles. The number of nitrogens with one attached hydrogen (secondary N) is 1. The molecule has 0 aliphatic heterocycles. The van der Waals surface area contributed by atoms with Crippen molar-refractivity contribution in [2.75, 3.05) is 5.32 Å². The molecule has 152 valence electrons. The smallest absolute Gasteiger partial charge is 0.257 e. The number of nitrogens with zero attached hydrogens (tertiary/aromatic N) is 5. The second kappa shape index (κ2) is 9.14. The van der Waals surface area contributed by atoms with Gasteiger partial charge in [-0.3, -0.25) is 10.1 Å². The van der Waals surface area contributed by atoms with Crippen LogP contribution in [0.15, 0.2) is 58.4 Å². The van der Waals surface area contributed by atoms with E-state index in [1.165, 1.54) is 11.3 Å². The SMILES string of the molecule is CCn1nnnc1COc1cccc(C(=O)Nc2nc(-c3ccc(Br)cc3)cs2)c1. The zero-order chi connectivity index (χ0) is 20.9. The van der Waals surface area contributed by atoms with Crippen LogP contribution in [0.1, 0.15) is 23.1 Å². The van der Waals surface area contributed by atoms with Crippen molar-refractivity contribution in [2.24, 2.45) is 0 Å². The monoisotopic (exact) mass is 484 g/mol. The van der Waals surface area contributed by atoms with Gasteiger partial charge < -0.3 is 4.74 Å². The number of anilines is 1. The first kappa shape index (κ1) is 20.2. The molecule has 0 saturated heterocycles. The fourth-order valence-electron chi connectivity index (χ4n) is 2.70. The quantitative estimate of drug-likeness (QED) is 0.417. The van der Waals surface area contributed by atoms with E-state index >= 15 is 0 Å². The summed E-state index contributed by atoms with van der Waals surface area (Å²) in [6, 6.07) is 14.8. The maximum absolute atomic E-state index is 12.6. The first-order valence-electron chi connectivity index (χ1n) is 9.13. The van der Waals surface area contributed by atoms with Crippen molar-refractivity contribution in [1.29, 1.82) is 0 Å². The molecule has 0 radical (unpaired) electrons. The number of thiazole rings is 1. The molecule has 0 atom stereocenters. The third kappa shape index (κ3) is 4.71. The van der Waals surface area contributed by atoms with E-state index in [-0.39, 0.29) is 12.5 Å². The molecular weight excluding hydrogens is 468 g/mol. The number of hydrogen-bond donors (Lipinski definition) is 1. The summed E-state index contributed by atoms with van der Waals surface area (Å²) in [5.41, 5.74) is 2.27. The number of amides is 1. The first-order chi connectivity index (χ1) is 14.6. The van der Waals surface area contributed by atoms with E-state index in [0.717, 1.165) is 15.7 Å². The summed E-state index contributed by atoms with van der Waals surface area (Å²) in [6.45, 7) is 2.82. The molecule has 1 amide bonds. The van der Waals surface area contributed by atoms with Gasteiger partial charge in [0.25, 0.3) is 5.91 Å². The van der Waals surface area contributed by atoms with Gasteiger partial charge in [-0.2, -0.15) is 0 Å². The maximum atomic E-state index is 12.6. The molecule has 0 unspecified atom stereocenters. The Morgan fingerprint density at radius 3 is 2.87 bits per heavy atom. The normalized spacial score (nSPS) is 10.7. The molecule has 2 heterocycles. The van der Waals surface area contributed by atoms with Crippen molar-refractivity contribution in [1.82, 2.24) is 25.2 Å². The molecule has 30 heavy (non-hydrogen) atoms. The highest BCUT2D eigenvalue weighted by Crippen LogP contribution is 2.26. The van der Waals surface area contributed by atoms with E-state index in [0.29, 0.717) is 28.8 Å². The van der Waals surface area contributed by atoms with Gasteiger partial charge in [-0.25, -0.2) is 9.67 Å².